The minimum Gasteiger partial charge on any atom is -0.497 e. The van der Waals surface area contributed by atoms with E-state index in [-0.39, 0.29) is 29.5 Å². The van der Waals surface area contributed by atoms with Gasteiger partial charge in [-0.25, -0.2) is 4.79 Å². The van der Waals surface area contributed by atoms with Crippen LogP contribution in [0, 0.1) is 11.3 Å². The Hall–Kier alpha value is -5.30. The van der Waals surface area contributed by atoms with Gasteiger partial charge < -0.3 is 29.3 Å². The standard InChI is InChI=1S/C27H21N3O7/c1-34-20-6-4-5-18(13-20)29-24(31)15-35-19-11-9-17(10-12-19)27(33)36-16-25(32)30-26-21-7-2-3-8-22(21)37-23(26)14-28/h2-13H,15-16H2,1H3,(H,29,31)(H,30,32). The van der Waals surface area contributed by atoms with Crippen molar-refractivity contribution in [3.05, 3.63) is 84.1 Å². The monoisotopic (exact) mass is 499 g/mol. The largest absolute Gasteiger partial charge is 0.497 e. The van der Waals surface area contributed by atoms with E-state index in [2.05, 4.69) is 10.6 Å². The minimum atomic E-state index is -0.727. The molecule has 37 heavy (non-hydrogen) atoms. The van der Waals surface area contributed by atoms with Crippen LogP contribution in [0.5, 0.6) is 11.5 Å². The third-order valence-electron chi connectivity index (χ3n) is 5.11. The summed E-state index contributed by atoms with van der Waals surface area (Å²) in [5, 5.41) is 15.1. The van der Waals surface area contributed by atoms with Crippen molar-refractivity contribution < 1.29 is 33.0 Å². The molecule has 3 aromatic carbocycles. The van der Waals surface area contributed by atoms with E-state index in [0.29, 0.717) is 28.2 Å². The quantitative estimate of drug-likeness (QED) is 0.328. The highest BCUT2D eigenvalue weighted by Gasteiger charge is 2.17. The van der Waals surface area contributed by atoms with Crippen LogP contribution in [-0.4, -0.2) is 38.1 Å². The fraction of sp³-hybridized carbons (Fsp3) is 0.111. The van der Waals surface area contributed by atoms with Crippen molar-refractivity contribution in [2.24, 2.45) is 0 Å². The zero-order valence-electron chi connectivity index (χ0n) is 19.6. The van der Waals surface area contributed by atoms with Crippen molar-refractivity contribution in [3.63, 3.8) is 0 Å². The molecule has 0 radical (unpaired) electrons. The SMILES string of the molecule is COc1cccc(NC(=O)COc2ccc(C(=O)OCC(=O)Nc3c(C#N)oc4ccccc34)cc2)c1. The van der Waals surface area contributed by atoms with Gasteiger partial charge in [-0.05, 0) is 48.5 Å². The highest BCUT2D eigenvalue weighted by molar-refractivity contribution is 6.04. The third kappa shape index (κ3) is 6.23. The molecule has 1 aromatic heterocycles. The van der Waals surface area contributed by atoms with Crippen LogP contribution < -0.4 is 20.1 Å². The molecule has 0 aliphatic rings. The first-order valence-electron chi connectivity index (χ1n) is 11.0. The molecule has 2 N–H and O–H groups in total. The number of carbonyl (C=O) groups excluding carboxylic acids is 3. The number of amides is 2. The maximum Gasteiger partial charge on any atom is 0.338 e. The third-order valence-corrected chi connectivity index (χ3v) is 5.11. The molecule has 0 unspecified atom stereocenters. The Bertz CT molecular complexity index is 1490. The van der Waals surface area contributed by atoms with Crippen LogP contribution in [0.25, 0.3) is 11.0 Å². The molecule has 0 spiro atoms. The van der Waals surface area contributed by atoms with E-state index in [9.17, 15) is 19.6 Å². The molecule has 0 fully saturated rings. The van der Waals surface area contributed by atoms with Gasteiger partial charge in [0.1, 0.15) is 28.8 Å². The lowest BCUT2D eigenvalue weighted by molar-refractivity contribution is -0.119. The van der Waals surface area contributed by atoms with E-state index in [1.54, 1.807) is 48.5 Å². The maximum absolute atomic E-state index is 12.3. The second-order valence-electron chi connectivity index (χ2n) is 7.63. The first-order valence-corrected chi connectivity index (χ1v) is 11.0. The van der Waals surface area contributed by atoms with Crippen LogP contribution in [-0.2, 0) is 14.3 Å². The Labute approximate surface area is 211 Å². The molecule has 0 bridgehead atoms. The molecular formula is C27H21N3O7. The fourth-order valence-corrected chi connectivity index (χ4v) is 3.37. The molecule has 4 rings (SSSR count). The smallest absolute Gasteiger partial charge is 0.338 e. The number of furan rings is 1. The summed E-state index contributed by atoms with van der Waals surface area (Å²) in [6, 6.07) is 21.6. The molecule has 1 heterocycles. The lowest BCUT2D eigenvalue weighted by Crippen LogP contribution is -2.21. The molecule has 0 atom stereocenters. The summed E-state index contributed by atoms with van der Waals surface area (Å²) >= 11 is 0. The number of hydrogen-bond donors (Lipinski definition) is 2. The van der Waals surface area contributed by atoms with Crippen molar-refractivity contribution >= 4 is 40.1 Å². The van der Waals surface area contributed by atoms with Crippen molar-refractivity contribution in [2.45, 2.75) is 0 Å². The number of anilines is 2. The Morgan fingerprint density at radius 1 is 0.892 bits per heavy atom. The van der Waals surface area contributed by atoms with E-state index in [4.69, 9.17) is 18.6 Å². The van der Waals surface area contributed by atoms with Crippen molar-refractivity contribution in [1.82, 2.24) is 0 Å². The Morgan fingerprint density at radius 3 is 2.41 bits per heavy atom. The second kappa shape index (κ2) is 11.4. The Morgan fingerprint density at radius 2 is 1.65 bits per heavy atom. The minimum absolute atomic E-state index is 0.0476. The number of rotatable bonds is 9. The topological polar surface area (TPSA) is 140 Å². The average molecular weight is 499 g/mol. The predicted octanol–water partition coefficient (Wildman–Crippen LogP) is 4.13. The number of nitrogens with one attached hydrogen (secondary N) is 2. The number of fused-ring (bicyclic) bond motifs is 1. The number of nitriles is 1. The van der Waals surface area contributed by atoms with E-state index >= 15 is 0 Å². The van der Waals surface area contributed by atoms with Crippen molar-refractivity contribution in [1.29, 1.82) is 5.26 Å². The van der Waals surface area contributed by atoms with Gasteiger partial charge in [0.2, 0.25) is 5.76 Å². The van der Waals surface area contributed by atoms with Gasteiger partial charge in [0.05, 0.1) is 12.7 Å². The summed E-state index contributed by atoms with van der Waals surface area (Å²) in [5.74, 6) is -0.790. The molecular weight excluding hydrogens is 478 g/mol. The second-order valence-corrected chi connectivity index (χ2v) is 7.63. The number of methoxy groups -OCH3 is 1. The zero-order chi connectivity index (χ0) is 26.2. The highest BCUT2D eigenvalue weighted by atomic mass is 16.5. The summed E-state index contributed by atoms with van der Waals surface area (Å²) in [6.45, 7) is -0.805. The molecule has 2 amide bonds. The van der Waals surface area contributed by atoms with Crippen LogP contribution in [0.4, 0.5) is 11.4 Å². The van der Waals surface area contributed by atoms with Gasteiger partial charge in [0.15, 0.2) is 13.2 Å². The summed E-state index contributed by atoms with van der Waals surface area (Å²) in [5.41, 5.74) is 1.43. The molecule has 0 saturated carbocycles. The van der Waals surface area contributed by atoms with Gasteiger partial charge in [0, 0.05) is 17.1 Å². The number of ether oxygens (including phenoxy) is 3. The molecule has 10 heteroatoms. The van der Waals surface area contributed by atoms with Crippen LogP contribution in [0.2, 0.25) is 0 Å². The van der Waals surface area contributed by atoms with Gasteiger partial charge >= 0.3 is 5.97 Å². The fourth-order valence-electron chi connectivity index (χ4n) is 3.37. The number of nitrogens with zero attached hydrogens (tertiary/aromatic N) is 1. The van der Waals surface area contributed by atoms with Crippen LogP contribution in [0.1, 0.15) is 16.1 Å². The summed E-state index contributed by atoms with van der Waals surface area (Å²) < 4.78 is 21.0. The highest BCUT2D eigenvalue weighted by Crippen LogP contribution is 2.30. The Balaban J connectivity index is 1.26. The lowest BCUT2D eigenvalue weighted by Gasteiger charge is -2.09. The predicted molar refractivity (Wildman–Crippen MR) is 133 cm³/mol. The molecule has 186 valence electrons. The number of carbonyl (C=O) groups is 3. The van der Waals surface area contributed by atoms with Gasteiger partial charge in [-0.1, -0.05) is 18.2 Å². The lowest BCUT2D eigenvalue weighted by atomic mass is 10.2. The number of esters is 1. The number of para-hydroxylation sites is 1. The average Bonchev–Trinajstić information content (AvgIpc) is 3.28. The van der Waals surface area contributed by atoms with Gasteiger partial charge in [-0.2, -0.15) is 5.26 Å². The maximum atomic E-state index is 12.3. The number of benzene rings is 3. The van der Waals surface area contributed by atoms with Gasteiger partial charge in [-0.15, -0.1) is 0 Å². The normalized spacial score (nSPS) is 10.3. The number of hydrogen-bond acceptors (Lipinski definition) is 8. The molecule has 10 nitrogen and oxygen atoms in total. The van der Waals surface area contributed by atoms with Crippen LogP contribution in [0.15, 0.2) is 77.2 Å². The van der Waals surface area contributed by atoms with Crippen LogP contribution in [0.3, 0.4) is 0 Å². The summed E-state index contributed by atoms with van der Waals surface area (Å²) in [7, 11) is 1.53. The van der Waals surface area contributed by atoms with Gasteiger partial charge in [-0.3, -0.25) is 9.59 Å². The summed E-state index contributed by atoms with van der Waals surface area (Å²) in [6.07, 6.45) is 0. The molecule has 0 aliphatic heterocycles. The van der Waals surface area contributed by atoms with Crippen LogP contribution >= 0.6 is 0 Å². The van der Waals surface area contributed by atoms with E-state index < -0.39 is 18.5 Å². The van der Waals surface area contributed by atoms with E-state index in [1.807, 2.05) is 6.07 Å². The first-order chi connectivity index (χ1) is 18.0. The van der Waals surface area contributed by atoms with E-state index in [1.165, 1.54) is 31.4 Å². The van der Waals surface area contributed by atoms with E-state index in [0.717, 1.165) is 0 Å². The molecule has 4 aromatic rings. The summed E-state index contributed by atoms with van der Waals surface area (Å²) in [4.78, 5) is 36.8. The zero-order valence-corrected chi connectivity index (χ0v) is 19.6. The van der Waals surface area contributed by atoms with Crippen molar-refractivity contribution in [2.75, 3.05) is 31.0 Å². The first kappa shape index (κ1) is 24.8. The van der Waals surface area contributed by atoms with Crippen molar-refractivity contribution in [3.8, 4) is 17.6 Å². The molecule has 0 saturated heterocycles. The Kier molecular flexibility index (Phi) is 7.66. The molecule has 0 aliphatic carbocycles. The van der Waals surface area contributed by atoms with Gasteiger partial charge in [0.25, 0.3) is 11.8 Å².